The quantitative estimate of drug-likeness (QED) is 0.725. The maximum absolute atomic E-state index is 5.09. The fourth-order valence-electron chi connectivity index (χ4n) is 1.14. The van der Waals surface area contributed by atoms with E-state index >= 15 is 0 Å². The second kappa shape index (κ2) is 6.39. The number of aryl methyl sites for hydroxylation is 1. The summed E-state index contributed by atoms with van der Waals surface area (Å²) in [4.78, 5) is 4.05. The van der Waals surface area contributed by atoms with Crippen molar-refractivity contribution in [2.75, 3.05) is 13.7 Å². The van der Waals surface area contributed by atoms with Crippen LogP contribution in [0.2, 0.25) is 0 Å². The first-order chi connectivity index (χ1) is 7.61. The number of aromatic nitrogens is 2. The molecule has 1 aromatic rings. The molecule has 0 aromatic carbocycles. The molecule has 0 saturated heterocycles. The summed E-state index contributed by atoms with van der Waals surface area (Å²) in [6.45, 7) is 4.77. The molecule has 0 amide bonds. The number of rotatable bonds is 5. The molecule has 1 heterocycles. The lowest BCUT2D eigenvalue weighted by Gasteiger charge is -2.15. The van der Waals surface area contributed by atoms with Crippen molar-refractivity contribution in [3.8, 4) is 0 Å². The summed E-state index contributed by atoms with van der Waals surface area (Å²) in [7, 11) is 1.65. The highest BCUT2D eigenvalue weighted by Crippen LogP contribution is 1.93. The normalized spacial score (nSPS) is 12.2. The van der Waals surface area contributed by atoms with E-state index in [0.29, 0.717) is 30.0 Å². The molecule has 0 spiro atoms. The first-order valence-corrected chi connectivity index (χ1v) is 5.35. The third-order valence-electron chi connectivity index (χ3n) is 1.77. The zero-order valence-corrected chi connectivity index (χ0v) is 10.4. The van der Waals surface area contributed by atoms with Crippen LogP contribution in [0.4, 0.5) is 0 Å². The van der Waals surface area contributed by atoms with E-state index in [2.05, 4.69) is 20.8 Å². The predicted octanol–water partition coefficient (Wildman–Crippen LogP) is 0.377. The van der Waals surface area contributed by atoms with Crippen molar-refractivity contribution in [1.82, 2.24) is 20.8 Å². The lowest BCUT2D eigenvalue weighted by Crippen LogP contribution is -2.42. The van der Waals surface area contributed by atoms with Crippen molar-refractivity contribution in [2.45, 2.75) is 26.4 Å². The van der Waals surface area contributed by atoms with Crippen LogP contribution < -0.4 is 10.6 Å². The Morgan fingerprint density at radius 2 is 2.38 bits per heavy atom. The summed E-state index contributed by atoms with van der Waals surface area (Å²) in [5.74, 6) is 1.13. The van der Waals surface area contributed by atoms with Gasteiger partial charge in [0, 0.05) is 20.1 Å². The average Bonchev–Trinajstić information content (AvgIpc) is 2.61. The van der Waals surface area contributed by atoms with Gasteiger partial charge in [-0.05, 0) is 19.1 Å². The van der Waals surface area contributed by atoms with Gasteiger partial charge in [-0.1, -0.05) is 5.16 Å². The summed E-state index contributed by atoms with van der Waals surface area (Å²) in [6.07, 6.45) is 0. The predicted molar refractivity (Wildman–Crippen MR) is 62.9 cm³/mol. The van der Waals surface area contributed by atoms with Crippen LogP contribution in [-0.4, -0.2) is 35.0 Å². The van der Waals surface area contributed by atoms with Crippen molar-refractivity contribution < 1.29 is 9.26 Å². The largest absolute Gasteiger partial charge is 0.383 e. The number of nitrogens with zero attached hydrogens (tertiary/aromatic N) is 2. The van der Waals surface area contributed by atoms with Gasteiger partial charge in [0.05, 0.1) is 13.2 Å². The van der Waals surface area contributed by atoms with Crippen LogP contribution in [0.3, 0.4) is 0 Å². The molecule has 0 aliphatic carbocycles. The van der Waals surface area contributed by atoms with E-state index in [9.17, 15) is 0 Å². The summed E-state index contributed by atoms with van der Waals surface area (Å²) < 4.78 is 9.81. The van der Waals surface area contributed by atoms with Crippen LogP contribution in [0.25, 0.3) is 0 Å². The molecule has 1 rings (SSSR count). The second-order valence-corrected chi connectivity index (χ2v) is 3.82. The van der Waals surface area contributed by atoms with Crippen molar-refractivity contribution in [3.05, 3.63) is 11.7 Å². The third-order valence-corrected chi connectivity index (χ3v) is 2.03. The van der Waals surface area contributed by atoms with E-state index in [1.54, 1.807) is 14.0 Å². The number of ether oxygens (including phenoxy) is 1. The first kappa shape index (κ1) is 12.9. The number of thiocarbonyl (C=S) groups is 1. The molecule has 0 aliphatic heterocycles. The zero-order chi connectivity index (χ0) is 12.0. The van der Waals surface area contributed by atoms with E-state index in [-0.39, 0.29) is 6.04 Å². The highest BCUT2D eigenvalue weighted by Gasteiger charge is 2.05. The number of methoxy groups -OCH3 is 1. The van der Waals surface area contributed by atoms with Gasteiger partial charge in [0.2, 0.25) is 5.89 Å². The van der Waals surface area contributed by atoms with Crippen molar-refractivity contribution in [2.24, 2.45) is 0 Å². The van der Waals surface area contributed by atoms with Crippen LogP contribution in [0.1, 0.15) is 18.6 Å². The molecule has 0 aliphatic rings. The lowest BCUT2D eigenvalue weighted by atomic mass is 10.4. The van der Waals surface area contributed by atoms with Gasteiger partial charge in [-0.3, -0.25) is 0 Å². The van der Waals surface area contributed by atoms with Crippen LogP contribution >= 0.6 is 12.2 Å². The maximum atomic E-state index is 5.09. The standard InChI is InChI=1S/C9H16N4O2S/c1-6(5-14-3)11-9(16)10-4-8-12-7(2)15-13-8/h6H,4-5H2,1-3H3,(H2,10,11,16). The Morgan fingerprint density at radius 1 is 1.62 bits per heavy atom. The fourth-order valence-corrected chi connectivity index (χ4v) is 1.41. The van der Waals surface area contributed by atoms with Gasteiger partial charge in [0.25, 0.3) is 0 Å². The highest BCUT2D eigenvalue weighted by molar-refractivity contribution is 7.80. The number of hydrogen-bond donors (Lipinski definition) is 2. The molecule has 16 heavy (non-hydrogen) atoms. The van der Waals surface area contributed by atoms with Crippen LogP contribution in [0.5, 0.6) is 0 Å². The molecule has 1 atom stereocenters. The summed E-state index contributed by atoms with van der Waals surface area (Å²) >= 11 is 5.09. The monoisotopic (exact) mass is 244 g/mol. The van der Waals surface area contributed by atoms with E-state index in [0.717, 1.165) is 0 Å². The topological polar surface area (TPSA) is 72.2 Å². The number of hydrogen-bond acceptors (Lipinski definition) is 5. The molecular formula is C9H16N4O2S. The molecule has 1 unspecified atom stereocenters. The van der Waals surface area contributed by atoms with Crippen molar-refractivity contribution in [3.63, 3.8) is 0 Å². The van der Waals surface area contributed by atoms with Gasteiger partial charge in [-0.2, -0.15) is 4.98 Å². The molecule has 7 heteroatoms. The molecule has 0 saturated carbocycles. The molecule has 1 aromatic heterocycles. The van der Waals surface area contributed by atoms with Crippen LogP contribution in [-0.2, 0) is 11.3 Å². The molecule has 90 valence electrons. The van der Waals surface area contributed by atoms with Crippen LogP contribution in [0.15, 0.2) is 4.52 Å². The minimum absolute atomic E-state index is 0.164. The van der Waals surface area contributed by atoms with E-state index in [1.165, 1.54) is 0 Å². The fraction of sp³-hybridized carbons (Fsp3) is 0.667. The van der Waals surface area contributed by atoms with E-state index in [1.807, 2.05) is 6.92 Å². The zero-order valence-electron chi connectivity index (χ0n) is 9.61. The average molecular weight is 244 g/mol. The van der Waals surface area contributed by atoms with E-state index < -0.39 is 0 Å². The Kier molecular flexibility index (Phi) is 5.13. The second-order valence-electron chi connectivity index (χ2n) is 3.41. The van der Waals surface area contributed by atoms with Gasteiger partial charge in [-0.15, -0.1) is 0 Å². The maximum Gasteiger partial charge on any atom is 0.223 e. The minimum Gasteiger partial charge on any atom is -0.383 e. The van der Waals surface area contributed by atoms with Gasteiger partial charge < -0.3 is 19.9 Å². The van der Waals surface area contributed by atoms with E-state index in [4.69, 9.17) is 21.5 Å². The van der Waals surface area contributed by atoms with Crippen molar-refractivity contribution in [1.29, 1.82) is 0 Å². The van der Waals surface area contributed by atoms with Gasteiger partial charge >= 0.3 is 0 Å². The Labute approximate surface area is 99.7 Å². The summed E-state index contributed by atoms with van der Waals surface area (Å²) in [5.41, 5.74) is 0. The third kappa shape index (κ3) is 4.54. The van der Waals surface area contributed by atoms with Crippen molar-refractivity contribution >= 4 is 17.3 Å². The van der Waals surface area contributed by atoms with Gasteiger partial charge in [0.15, 0.2) is 10.9 Å². The summed E-state index contributed by atoms with van der Waals surface area (Å²) in [6, 6.07) is 0.164. The molecule has 2 N–H and O–H groups in total. The molecule has 6 nitrogen and oxygen atoms in total. The smallest absolute Gasteiger partial charge is 0.223 e. The molecule has 0 fully saturated rings. The Morgan fingerprint density at radius 3 is 2.94 bits per heavy atom. The minimum atomic E-state index is 0.164. The first-order valence-electron chi connectivity index (χ1n) is 4.94. The SMILES string of the molecule is COCC(C)NC(=S)NCc1noc(C)n1. The van der Waals surface area contributed by atoms with Crippen LogP contribution in [0, 0.1) is 6.92 Å². The Balaban J connectivity index is 2.25. The van der Waals surface area contributed by atoms with Gasteiger partial charge in [-0.25, -0.2) is 0 Å². The lowest BCUT2D eigenvalue weighted by molar-refractivity contribution is 0.179. The Bertz CT molecular complexity index is 342. The summed E-state index contributed by atoms with van der Waals surface area (Å²) in [5, 5.41) is 10.3. The highest BCUT2D eigenvalue weighted by atomic mass is 32.1. The Hall–Kier alpha value is -1.21. The molecule has 0 bridgehead atoms. The molecule has 0 radical (unpaired) electrons. The molecular weight excluding hydrogens is 228 g/mol. The number of nitrogens with one attached hydrogen (secondary N) is 2. The van der Waals surface area contributed by atoms with Gasteiger partial charge in [0.1, 0.15) is 0 Å².